The van der Waals surface area contributed by atoms with Gasteiger partial charge < -0.3 is 9.73 Å². The molecule has 0 amide bonds. The van der Waals surface area contributed by atoms with Crippen molar-refractivity contribution < 1.29 is 22.9 Å². The monoisotopic (exact) mass is 290 g/mol. The van der Waals surface area contributed by atoms with Crippen molar-refractivity contribution in [3.63, 3.8) is 0 Å². The van der Waals surface area contributed by atoms with Crippen LogP contribution in [-0.2, 0) is 6.18 Å². The molecule has 8 heteroatoms. The van der Waals surface area contributed by atoms with Gasteiger partial charge in [0.25, 0.3) is 0 Å². The molecule has 2 aromatic rings. The van der Waals surface area contributed by atoms with E-state index in [1.54, 1.807) is 18.2 Å². The minimum absolute atomic E-state index is 0.215. The molecule has 0 bridgehead atoms. The average molecular weight is 291 g/mol. The molecule has 1 aromatic heterocycles. The number of alkyl halides is 3. The summed E-state index contributed by atoms with van der Waals surface area (Å²) >= 11 is 5.37. The van der Waals surface area contributed by atoms with Gasteiger partial charge in [0, 0.05) is 5.56 Å². The predicted molar refractivity (Wildman–Crippen MR) is 61.1 cm³/mol. The smallest absolute Gasteiger partial charge is 0.410 e. The van der Waals surface area contributed by atoms with Gasteiger partial charge in [-0.1, -0.05) is 52.2 Å². The van der Waals surface area contributed by atoms with Gasteiger partial charge in [-0.25, -0.2) is 0 Å². The van der Waals surface area contributed by atoms with Crippen LogP contribution >= 0.6 is 11.6 Å². The van der Waals surface area contributed by atoms with E-state index in [9.17, 15) is 13.2 Å². The molecule has 0 fully saturated rings. The van der Waals surface area contributed by atoms with Gasteiger partial charge in [-0.3, -0.25) is 0 Å². The van der Waals surface area contributed by atoms with Crippen molar-refractivity contribution >= 4 is 16.8 Å². The van der Waals surface area contributed by atoms with Gasteiger partial charge in [0.1, 0.15) is 11.3 Å². The first-order chi connectivity index (χ1) is 8.95. The summed E-state index contributed by atoms with van der Waals surface area (Å²) in [6.45, 7) is 0. The van der Waals surface area contributed by atoms with Crippen molar-refractivity contribution in [1.82, 2.24) is 5.16 Å². The van der Waals surface area contributed by atoms with E-state index in [4.69, 9.17) is 16.8 Å². The van der Waals surface area contributed by atoms with E-state index in [-0.39, 0.29) is 5.56 Å². The van der Waals surface area contributed by atoms with Crippen molar-refractivity contribution in [2.45, 2.75) is 6.18 Å². The van der Waals surface area contributed by atoms with E-state index in [1.807, 2.05) is 0 Å². The topological polar surface area (TPSA) is 58.6 Å². The molecule has 2 rings (SSSR count). The van der Waals surface area contributed by atoms with Gasteiger partial charge in [0.05, 0.1) is 0 Å². The summed E-state index contributed by atoms with van der Waals surface area (Å²) < 4.78 is 43.6. The number of benzene rings is 1. The molecule has 1 N–H and O–H groups in total. The summed E-state index contributed by atoms with van der Waals surface area (Å²) in [5, 5.41) is 13.5. The number of oxime groups is 1. The lowest BCUT2D eigenvalue weighted by atomic mass is 10.1. The Morgan fingerprint density at radius 3 is 2.42 bits per heavy atom. The molecule has 0 aliphatic rings. The third-order valence-electron chi connectivity index (χ3n) is 2.30. The highest BCUT2D eigenvalue weighted by Crippen LogP contribution is 2.39. The van der Waals surface area contributed by atoms with Gasteiger partial charge >= 0.3 is 6.18 Å². The molecular formula is C11H6ClF3N2O2. The van der Waals surface area contributed by atoms with E-state index in [0.29, 0.717) is 0 Å². The highest BCUT2D eigenvalue weighted by Gasteiger charge is 2.42. The molecule has 0 saturated heterocycles. The van der Waals surface area contributed by atoms with E-state index in [2.05, 4.69) is 14.8 Å². The molecule has 1 aromatic carbocycles. The Kier molecular flexibility index (Phi) is 3.48. The van der Waals surface area contributed by atoms with Crippen molar-refractivity contribution in [2.75, 3.05) is 0 Å². The summed E-state index contributed by atoms with van der Waals surface area (Å²) in [6.07, 6.45) is -4.74. The maximum absolute atomic E-state index is 13.0. The summed E-state index contributed by atoms with van der Waals surface area (Å²) in [6, 6.07) is 7.67. The molecule has 0 aliphatic heterocycles. The SMILES string of the molecule is ON=C(Cl)c1onc(-c2ccccc2)c1C(F)(F)F. The first-order valence-corrected chi connectivity index (χ1v) is 5.33. The van der Waals surface area contributed by atoms with Crippen molar-refractivity contribution in [1.29, 1.82) is 0 Å². The quantitative estimate of drug-likeness (QED) is 0.521. The lowest BCUT2D eigenvalue weighted by Crippen LogP contribution is -2.10. The molecule has 0 spiro atoms. The molecule has 0 atom stereocenters. The van der Waals surface area contributed by atoms with Gasteiger partial charge in [-0.05, 0) is 0 Å². The van der Waals surface area contributed by atoms with Crippen LogP contribution < -0.4 is 0 Å². The molecule has 100 valence electrons. The Morgan fingerprint density at radius 1 is 1.26 bits per heavy atom. The summed E-state index contributed by atoms with van der Waals surface area (Å²) in [4.78, 5) is 0. The Labute approximate surface area is 110 Å². The zero-order valence-corrected chi connectivity index (χ0v) is 9.90. The maximum atomic E-state index is 13.0. The number of rotatable bonds is 2. The van der Waals surface area contributed by atoms with Crippen molar-refractivity contribution in [3.05, 3.63) is 41.7 Å². The molecule has 19 heavy (non-hydrogen) atoms. The number of hydrogen-bond donors (Lipinski definition) is 1. The second kappa shape index (κ2) is 4.93. The number of hydrogen-bond acceptors (Lipinski definition) is 4. The highest BCUT2D eigenvalue weighted by atomic mass is 35.5. The number of halogens is 4. The van der Waals surface area contributed by atoms with E-state index >= 15 is 0 Å². The number of aromatic nitrogens is 1. The highest BCUT2D eigenvalue weighted by molar-refractivity contribution is 6.69. The minimum atomic E-state index is -4.74. The van der Waals surface area contributed by atoms with Crippen LogP contribution in [0.2, 0.25) is 0 Å². The molecule has 0 radical (unpaired) electrons. The van der Waals surface area contributed by atoms with Crippen LogP contribution in [0, 0.1) is 0 Å². The molecule has 1 heterocycles. The van der Waals surface area contributed by atoms with E-state index in [0.717, 1.165) is 0 Å². The standard InChI is InChI=1S/C11H6ClF3N2O2/c12-10(16-18)9-7(11(13,14)15)8(17-19-9)6-4-2-1-3-5-6/h1-5,18H. The first-order valence-electron chi connectivity index (χ1n) is 4.95. The largest absolute Gasteiger partial charge is 0.422 e. The van der Waals surface area contributed by atoms with Crippen LogP contribution in [0.4, 0.5) is 13.2 Å². The average Bonchev–Trinajstić information content (AvgIpc) is 2.83. The second-order valence-electron chi connectivity index (χ2n) is 3.49. The summed E-state index contributed by atoms with van der Waals surface area (Å²) in [7, 11) is 0. The normalized spacial score (nSPS) is 12.7. The van der Waals surface area contributed by atoms with Gasteiger partial charge in [-0.2, -0.15) is 13.2 Å². The fourth-order valence-corrected chi connectivity index (χ4v) is 1.66. The molecule has 0 aliphatic carbocycles. The van der Waals surface area contributed by atoms with Crippen LogP contribution in [0.15, 0.2) is 40.0 Å². The van der Waals surface area contributed by atoms with Gasteiger partial charge in [0.15, 0.2) is 0 Å². The third-order valence-corrected chi connectivity index (χ3v) is 2.55. The van der Waals surface area contributed by atoms with Crippen LogP contribution in [-0.4, -0.2) is 15.5 Å². The molecular weight excluding hydrogens is 285 g/mol. The van der Waals surface area contributed by atoms with Crippen molar-refractivity contribution in [3.8, 4) is 11.3 Å². The van der Waals surface area contributed by atoms with Crippen LogP contribution in [0.3, 0.4) is 0 Å². The Balaban J connectivity index is 2.67. The lowest BCUT2D eigenvalue weighted by Gasteiger charge is -2.07. The molecule has 0 unspecified atom stereocenters. The minimum Gasteiger partial charge on any atom is -0.410 e. The Hall–Kier alpha value is -2.02. The van der Waals surface area contributed by atoms with Gasteiger partial charge in [0.2, 0.25) is 10.9 Å². The lowest BCUT2D eigenvalue weighted by molar-refractivity contribution is -0.137. The van der Waals surface area contributed by atoms with E-state index in [1.165, 1.54) is 12.1 Å². The summed E-state index contributed by atoms with van der Waals surface area (Å²) in [5.74, 6) is -0.824. The van der Waals surface area contributed by atoms with E-state index < -0.39 is 28.4 Å². The predicted octanol–water partition coefficient (Wildman–Crippen LogP) is 3.74. The van der Waals surface area contributed by atoms with Crippen LogP contribution in [0.5, 0.6) is 0 Å². The first kappa shape index (κ1) is 13.4. The Morgan fingerprint density at radius 2 is 1.89 bits per heavy atom. The fraction of sp³-hybridized carbons (Fsp3) is 0.0909. The number of nitrogens with zero attached hydrogens (tertiary/aromatic N) is 2. The summed E-state index contributed by atoms with van der Waals surface area (Å²) in [5.41, 5.74) is -1.38. The van der Waals surface area contributed by atoms with Crippen LogP contribution in [0.25, 0.3) is 11.3 Å². The van der Waals surface area contributed by atoms with Gasteiger partial charge in [-0.15, -0.1) is 0 Å². The van der Waals surface area contributed by atoms with Crippen molar-refractivity contribution in [2.24, 2.45) is 5.16 Å². The molecule has 4 nitrogen and oxygen atoms in total. The Bertz CT molecular complexity index is 608. The zero-order valence-electron chi connectivity index (χ0n) is 9.15. The zero-order chi connectivity index (χ0) is 14.0. The fourth-order valence-electron chi connectivity index (χ4n) is 1.53. The maximum Gasteiger partial charge on any atom is 0.422 e. The third kappa shape index (κ3) is 2.55. The van der Waals surface area contributed by atoms with Crippen LogP contribution in [0.1, 0.15) is 11.3 Å². The molecule has 0 saturated carbocycles. The second-order valence-corrected chi connectivity index (χ2v) is 3.85.